The van der Waals surface area contributed by atoms with Crippen LogP contribution >= 0.6 is 0 Å². The van der Waals surface area contributed by atoms with Crippen molar-refractivity contribution in [2.24, 2.45) is 11.8 Å². The lowest BCUT2D eigenvalue weighted by molar-refractivity contribution is -0.0168. The minimum Gasteiger partial charge on any atom is -0.385 e. The maximum absolute atomic E-state index is 13.3. The molecule has 2 fully saturated rings. The van der Waals surface area contributed by atoms with Crippen LogP contribution in [0.1, 0.15) is 69.5 Å². The van der Waals surface area contributed by atoms with Crippen LogP contribution in [-0.4, -0.2) is 64.0 Å². The van der Waals surface area contributed by atoms with Gasteiger partial charge in [-0.15, -0.1) is 0 Å². The number of likely N-dealkylation sites (tertiary alicyclic amines) is 1. The number of piperidine rings is 1. The molecule has 0 radical (unpaired) electrons. The van der Waals surface area contributed by atoms with E-state index >= 15 is 0 Å². The molecule has 0 aromatic heterocycles. The van der Waals surface area contributed by atoms with Gasteiger partial charge in [-0.05, 0) is 44.2 Å². The Kier molecular flexibility index (Phi) is 11.5. The van der Waals surface area contributed by atoms with Gasteiger partial charge in [0.05, 0.1) is 6.10 Å². The van der Waals surface area contributed by atoms with Crippen LogP contribution < -0.4 is 10.6 Å². The highest BCUT2D eigenvalue weighted by Crippen LogP contribution is 2.33. The molecular weight excluding hydrogens is 414 g/mol. The Bertz CT molecular complexity index is 666. The van der Waals surface area contributed by atoms with Crippen molar-refractivity contribution in [1.82, 2.24) is 15.5 Å². The zero-order chi connectivity index (χ0) is 23.3. The van der Waals surface area contributed by atoms with Crippen LogP contribution in [0.25, 0.3) is 0 Å². The van der Waals surface area contributed by atoms with Gasteiger partial charge < -0.3 is 25.0 Å². The normalized spacial score (nSPS) is 21.5. The zero-order valence-corrected chi connectivity index (χ0v) is 20.8. The molecule has 2 amide bonds. The minimum atomic E-state index is 0.00833. The molecule has 6 heteroatoms. The molecule has 33 heavy (non-hydrogen) atoms. The van der Waals surface area contributed by atoms with Gasteiger partial charge in [0, 0.05) is 51.9 Å². The molecule has 2 N–H and O–H groups in total. The van der Waals surface area contributed by atoms with Crippen molar-refractivity contribution in [3.8, 4) is 0 Å². The van der Waals surface area contributed by atoms with Crippen LogP contribution in [-0.2, 0) is 9.47 Å². The van der Waals surface area contributed by atoms with E-state index in [0.717, 1.165) is 51.2 Å². The zero-order valence-electron chi connectivity index (χ0n) is 20.8. The van der Waals surface area contributed by atoms with E-state index in [9.17, 15) is 4.79 Å². The van der Waals surface area contributed by atoms with Crippen LogP contribution in [0.3, 0.4) is 0 Å². The number of likely N-dealkylation sites (N-methyl/N-ethyl adjacent to an activating group) is 1. The van der Waals surface area contributed by atoms with E-state index in [1.165, 1.54) is 37.7 Å². The predicted octanol–water partition coefficient (Wildman–Crippen LogP) is 4.76. The quantitative estimate of drug-likeness (QED) is 0.442. The summed E-state index contributed by atoms with van der Waals surface area (Å²) in [7, 11) is 3.70. The average molecular weight is 460 g/mol. The van der Waals surface area contributed by atoms with Crippen molar-refractivity contribution >= 4 is 6.03 Å². The third-order valence-electron chi connectivity index (χ3n) is 7.21. The molecule has 3 atom stereocenters. The molecule has 0 bridgehead atoms. The third kappa shape index (κ3) is 8.58. The van der Waals surface area contributed by atoms with E-state index in [-0.39, 0.29) is 18.2 Å². The second-order valence-corrected chi connectivity index (χ2v) is 9.84. The molecule has 1 saturated heterocycles. The van der Waals surface area contributed by atoms with E-state index in [2.05, 4.69) is 34.9 Å². The molecule has 0 spiro atoms. The molecular formula is C27H45N3O3. The van der Waals surface area contributed by atoms with E-state index < -0.39 is 0 Å². The summed E-state index contributed by atoms with van der Waals surface area (Å²) in [5, 5.41) is 6.65. The fraction of sp³-hybridized carbons (Fsp3) is 0.741. The first-order valence-electron chi connectivity index (χ1n) is 13.1. The number of benzene rings is 1. The number of carbonyl (C=O) groups is 1. The summed E-state index contributed by atoms with van der Waals surface area (Å²) in [5.41, 5.74) is 1.20. The van der Waals surface area contributed by atoms with Crippen molar-refractivity contribution < 1.29 is 14.3 Å². The monoisotopic (exact) mass is 459 g/mol. The van der Waals surface area contributed by atoms with Crippen LogP contribution in [0.15, 0.2) is 30.3 Å². The van der Waals surface area contributed by atoms with Gasteiger partial charge in [-0.25, -0.2) is 4.79 Å². The molecule has 1 aromatic rings. The highest BCUT2D eigenvalue weighted by atomic mass is 16.5. The van der Waals surface area contributed by atoms with E-state index in [1.807, 2.05) is 18.0 Å². The van der Waals surface area contributed by atoms with Crippen LogP contribution in [0.5, 0.6) is 0 Å². The second kappa shape index (κ2) is 14.6. The summed E-state index contributed by atoms with van der Waals surface area (Å²) in [6.07, 6.45) is 10.7. The third-order valence-corrected chi connectivity index (χ3v) is 7.21. The van der Waals surface area contributed by atoms with Crippen LogP contribution in [0, 0.1) is 11.8 Å². The lowest BCUT2D eigenvalue weighted by Gasteiger charge is -2.38. The highest BCUT2D eigenvalue weighted by molar-refractivity contribution is 5.74. The summed E-state index contributed by atoms with van der Waals surface area (Å²) in [6, 6.07) is 10.8. The molecule has 1 aliphatic heterocycles. The molecule has 1 aliphatic carbocycles. The van der Waals surface area contributed by atoms with E-state index in [1.54, 1.807) is 7.11 Å². The van der Waals surface area contributed by atoms with E-state index in [0.29, 0.717) is 19.1 Å². The van der Waals surface area contributed by atoms with Crippen molar-refractivity contribution in [1.29, 1.82) is 0 Å². The van der Waals surface area contributed by atoms with E-state index in [4.69, 9.17) is 9.47 Å². The summed E-state index contributed by atoms with van der Waals surface area (Å²) in [6.45, 7) is 3.76. The Labute approximate surface area is 200 Å². The maximum Gasteiger partial charge on any atom is 0.317 e. The molecule has 1 saturated carbocycles. The molecule has 1 heterocycles. The molecule has 1 unspecified atom stereocenters. The fourth-order valence-corrected chi connectivity index (χ4v) is 5.53. The van der Waals surface area contributed by atoms with Crippen molar-refractivity contribution in [2.75, 3.05) is 47.0 Å². The standard InChI is InChI=1S/C27H45N3O3/c1-28-20-25(19-22-11-5-3-6-12-22)29-27(31)30-16-9-15-24(21-30)26(33-18-10-17-32-2)23-13-7-4-8-14-23/h4,7-8,13-14,22,24-26,28H,3,5-6,9-12,15-21H2,1-2H3,(H,29,31)/t24-,25?,26+/m1/s1. The Hall–Kier alpha value is -1.63. The van der Waals surface area contributed by atoms with Crippen molar-refractivity contribution in [3.05, 3.63) is 35.9 Å². The van der Waals surface area contributed by atoms with Gasteiger partial charge in [-0.2, -0.15) is 0 Å². The molecule has 3 rings (SSSR count). The summed E-state index contributed by atoms with van der Waals surface area (Å²) in [5.74, 6) is 1.05. The summed E-state index contributed by atoms with van der Waals surface area (Å²) in [4.78, 5) is 15.3. The number of hydrogen-bond acceptors (Lipinski definition) is 4. The van der Waals surface area contributed by atoms with Gasteiger partial charge in [0.15, 0.2) is 0 Å². The van der Waals surface area contributed by atoms with Gasteiger partial charge in [-0.1, -0.05) is 62.4 Å². The topological polar surface area (TPSA) is 62.8 Å². The first kappa shape index (κ1) is 26.0. The number of methoxy groups -OCH3 is 1. The Morgan fingerprint density at radius 3 is 2.61 bits per heavy atom. The van der Waals surface area contributed by atoms with Gasteiger partial charge in [-0.3, -0.25) is 0 Å². The number of carbonyl (C=O) groups excluding carboxylic acids is 1. The van der Waals surface area contributed by atoms with Crippen molar-refractivity contribution in [3.63, 3.8) is 0 Å². The number of nitrogens with one attached hydrogen (secondary N) is 2. The maximum atomic E-state index is 13.3. The largest absolute Gasteiger partial charge is 0.385 e. The number of rotatable bonds is 12. The predicted molar refractivity (Wildman–Crippen MR) is 133 cm³/mol. The van der Waals surface area contributed by atoms with Gasteiger partial charge in [0.1, 0.15) is 0 Å². The Morgan fingerprint density at radius 1 is 1.09 bits per heavy atom. The first-order valence-corrected chi connectivity index (χ1v) is 13.1. The van der Waals surface area contributed by atoms with Gasteiger partial charge >= 0.3 is 6.03 Å². The minimum absolute atomic E-state index is 0.00833. The Morgan fingerprint density at radius 2 is 1.88 bits per heavy atom. The summed E-state index contributed by atoms with van der Waals surface area (Å²) < 4.78 is 11.6. The molecule has 186 valence electrons. The lowest BCUT2D eigenvalue weighted by atomic mass is 9.85. The lowest BCUT2D eigenvalue weighted by Crippen LogP contribution is -2.52. The number of amides is 2. The fourth-order valence-electron chi connectivity index (χ4n) is 5.53. The number of hydrogen-bond donors (Lipinski definition) is 2. The SMILES string of the molecule is CNCC(CC1CCCCC1)NC(=O)N1CCC[C@@H]([C@@H](OCCCOC)c2ccccc2)C1. The smallest absolute Gasteiger partial charge is 0.317 e. The summed E-state index contributed by atoms with van der Waals surface area (Å²) >= 11 is 0. The second-order valence-electron chi connectivity index (χ2n) is 9.84. The number of ether oxygens (including phenoxy) is 2. The van der Waals surface area contributed by atoms with Gasteiger partial charge in [0.2, 0.25) is 0 Å². The first-order chi connectivity index (χ1) is 16.2. The highest BCUT2D eigenvalue weighted by Gasteiger charge is 2.32. The molecule has 6 nitrogen and oxygen atoms in total. The molecule has 1 aromatic carbocycles. The van der Waals surface area contributed by atoms with Crippen LogP contribution in [0.2, 0.25) is 0 Å². The number of nitrogens with zero attached hydrogens (tertiary/aromatic N) is 1. The van der Waals surface area contributed by atoms with Crippen molar-refractivity contribution in [2.45, 2.75) is 69.9 Å². The van der Waals surface area contributed by atoms with Gasteiger partial charge in [0.25, 0.3) is 0 Å². The Balaban J connectivity index is 1.59. The average Bonchev–Trinajstić information content (AvgIpc) is 2.85. The molecule has 2 aliphatic rings. The number of urea groups is 1. The van der Waals surface area contributed by atoms with Crippen LogP contribution in [0.4, 0.5) is 4.79 Å².